The van der Waals surface area contributed by atoms with E-state index in [0.29, 0.717) is 29.3 Å². The van der Waals surface area contributed by atoms with Crippen LogP contribution in [0.3, 0.4) is 0 Å². The highest BCUT2D eigenvalue weighted by Gasteiger charge is 2.33. The predicted octanol–water partition coefficient (Wildman–Crippen LogP) is 3.96. The molecule has 1 aromatic carbocycles. The van der Waals surface area contributed by atoms with Crippen LogP contribution in [-0.2, 0) is 4.74 Å². The van der Waals surface area contributed by atoms with Gasteiger partial charge in [-0.1, -0.05) is 27.5 Å². The topological polar surface area (TPSA) is 87.5 Å². The number of halogens is 2. The first-order chi connectivity index (χ1) is 13.3. The molecule has 0 bridgehead atoms. The van der Waals surface area contributed by atoms with Crippen molar-refractivity contribution in [2.75, 3.05) is 6.61 Å². The Bertz CT molecular complexity index is 1000. The van der Waals surface area contributed by atoms with Gasteiger partial charge in [0.15, 0.2) is 4.77 Å². The number of aliphatic hydroxyl groups excluding tert-OH is 1. The maximum Gasteiger partial charge on any atom is 0.262 e. The van der Waals surface area contributed by atoms with Crippen molar-refractivity contribution in [3.05, 3.63) is 55.5 Å². The van der Waals surface area contributed by atoms with Gasteiger partial charge in [-0.25, -0.2) is 0 Å². The van der Waals surface area contributed by atoms with Crippen LogP contribution in [0.5, 0.6) is 5.88 Å². The van der Waals surface area contributed by atoms with Crippen molar-refractivity contribution in [3.63, 3.8) is 0 Å². The van der Waals surface area contributed by atoms with Crippen LogP contribution in [0.1, 0.15) is 25.3 Å². The standard InChI is InChI=1S/C19H20BrClN2O4S/c1-2-27-15-8-7-14(20)12(16(15)24)9-13-17(25)22-19(28)23(18(13)26)11-5-3-10(21)4-6-11/h3-6,9,14-16,24,26H,2,7-8H2,1H3,(H,22,25,28). The fourth-order valence-electron chi connectivity index (χ4n) is 3.26. The summed E-state index contributed by atoms with van der Waals surface area (Å²) in [4.78, 5) is 14.9. The average molecular weight is 488 g/mol. The SMILES string of the molecule is CCOC1CCC(Br)C(=Cc2c(O)n(-c3ccc(Cl)cc3)c(=S)[nH]c2=O)C1O. The van der Waals surface area contributed by atoms with E-state index in [2.05, 4.69) is 20.9 Å². The van der Waals surface area contributed by atoms with E-state index in [4.69, 9.17) is 28.6 Å². The molecule has 2 aromatic rings. The molecule has 3 rings (SSSR count). The summed E-state index contributed by atoms with van der Waals surface area (Å²) in [5.41, 5.74) is 0.602. The molecule has 1 fully saturated rings. The molecular formula is C19H20BrClN2O4S. The molecule has 3 atom stereocenters. The van der Waals surface area contributed by atoms with Crippen LogP contribution in [0.15, 0.2) is 34.6 Å². The number of nitrogens with zero attached hydrogens (tertiary/aromatic N) is 1. The van der Waals surface area contributed by atoms with Crippen molar-refractivity contribution in [3.8, 4) is 11.6 Å². The highest BCUT2D eigenvalue weighted by molar-refractivity contribution is 9.09. The van der Waals surface area contributed by atoms with Crippen LogP contribution in [-0.4, -0.2) is 43.4 Å². The zero-order valence-corrected chi connectivity index (χ0v) is 18.2. The molecule has 150 valence electrons. The summed E-state index contributed by atoms with van der Waals surface area (Å²) in [5, 5.41) is 22.0. The number of aromatic nitrogens is 2. The number of nitrogens with one attached hydrogen (secondary N) is 1. The Morgan fingerprint density at radius 2 is 2.07 bits per heavy atom. The summed E-state index contributed by atoms with van der Waals surface area (Å²) in [6.07, 6.45) is 1.70. The molecular weight excluding hydrogens is 468 g/mol. The fraction of sp³-hybridized carbons (Fsp3) is 0.368. The molecule has 0 spiro atoms. The van der Waals surface area contributed by atoms with Crippen molar-refractivity contribution >= 4 is 45.8 Å². The Morgan fingerprint density at radius 1 is 1.39 bits per heavy atom. The van der Waals surface area contributed by atoms with Gasteiger partial charge < -0.3 is 14.9 Å². The minimum Gasteiger partial charge on any atom is -0.494 e. The van der Waals surface area contributed by atoms with Gasteiger partial charge in [0.25, 0.3) is 5.56 Å². The van der Waals surface area contributed by atoms with Gasteiger partial charge in [0.2, 0.25) is 5.88 Å². The largest absolute Gasteiger partial charge is 0.494 e. The molecule has 1 aromatic heterocycles. The maximum atomic E-state index is 12.5. The average Bonchev–Trinajstić information content (AvgIpc) is 2.65. The lowest BCUT2D eigenvalue weighted by atomic mass is 9.88. The van der Waals surface area contributed by atoms with Crippen molar-refractivity contribution in [2.24, 2.45) is 0 Å². The number of rotatable bonds is 4. The highest BCUT2D eigenvalue weighted by atomic mass is 79.9. The summed E-state index contributed by atoms with van der Waals surface area (Å²) in [7, 11) is 0. The second kappa shape index (κ2) is 8.92. The molecule has 9 heteroatoms. The van der Waals surface area contributed by atoms with Gasteiger partial charge in [0.1, 0.15) is 11.7 Å². The summed E-state index contributed by atoms with van der Waals surface area (Å²) in [6, 6.07) is 6.68. The van der Waals surface area contributed by atoms with Crippen molar-refractivity contribution in [1.29, 1.82) is 0 Å². The molecule has 0 amide bonds. The van der Waals surface area contributed by atoms with Crippen LogP contribution in [0.25, 0.3) is 11.8 Å². The molecule has 1 heterocycles. The van der Waals surface area contributed by atoms with Crippen molar-refractivity contribution in [1.82, 2.24) is 9.55 Å². The first-order valence-corrected chi connectivity index (χ1v) is 10.5. The third-order valence-corrected chi connectivity index (χ3v) is 6.18. The molecule has 0 aliphatic heterocycles. The molecule has 1 saturated carbocycles. The zero-order chi connectivity index (χ0) is 20.4. The van der Waals surface area contributed by atoms with E-state index in [0.717, 1.165) is 6.42 Å². The second-order valence-corrected chi connectivity index (χ2v) is 8.36. The van der Waals surface area contributed by atoms with Crippen LogP contribution >= 0.6 is 39.7 Å². The Labute approximate surface area is 180 Å². The molecule has 6 nitrogen and oxygen atoms in total. The third kappa shape index (κ3) is 4.26. The van der Waals surface area contributed by atoms with E-state index in [9.17, 15) is 15.0 Å². The lowest BCUT2D eigenvalue weighted by Gasteiger charge is -2.33. The van der Waals surface area contributed by atoms with Gasteiger partial charge in [-0.15, -0.1) is 0 Å². The normalized spacial score (nSPS) is 23.9. The van der Waals surface area contributed by atoms with Gasteiger partial charge in [-0.3, -0.25) is 14.3 Å². The van der Waals surface area contributed by atoms with E-state index >= 15 is 0 Å². The molecule has 28 heavy (non-hydrogen) atoms. The number of hydrogen-bond donors (Lipinski definition) is 3. The molecule has 1 aliphatic carbocycles. The maximum absolute atomic E-state index is 12.5. The number of aromatic amines is 1. The molecule has 1 aliphatic rings. The van der Waals surface area contributed by atoms with Gasteiger partial charge in [0, 0.05) is 16.5 Å². The van der Waals surface area contributed by atoms with E-state index in [1.807, 2.05) is 6.92 Å². The second-order valence-electron chi connectivity index (χ2n) is 6.44. The van der Waals surface area contributed by atoms with E-state index in [1.54, 1.807) is 24.3 Å². The molecule has 3 N–H and O–H groups in total. The van der Waals surface area contributed by atoms with E-state index < -0.39 is 11.7 Å². The smallest absolute Gasteiger partial charge is 0.262 e. The number of alkyl halides is 1. The summed E-state index contributed by atoms with van der Waals surface area (Å²) in [6.45, 7) is 2.35. The fourth-order valence-corrected chi connectivity index (χ4v) is 4.34. The van der Waals surface area contributed by atoms with Crippen LogP contribution in [0, 0.1) is 4.77 Å². The quantitative estimate of drug-likeness (QED) is 0.449. The zero-order valence-electron chi connectivity index (χ0n) is 15.1. The first kappa shape index (κ1) is 21.3. The number of H-pyrrole nitrogens is 1. The lowest BCUT2D eigenvalue weighted by Crippen LogP contribution is -2.38. The Morgan fingerprint density at radius 3 is 2.71 bits per heavy atom. The monoisotopic (exact) mass is 486 g/mol. The van der Waals surface area contributed by atoms with E-state index in [1.165, 1.54) is 10.6 Å². The first-order valence-electron chi connectivity index (χ1n) is 8.83. The van der Waals surface area contributed by atoms with Gasteiger partial charge in [-0.05, 0) is 67.9 Å². The number of hydrogen-bond acceptors (Lipinski definition) is 5. The minimum atomic E-state index is -0.885. The van der Waals surface area contributed by atoms with E-state index in [-0.39, 0.29) is 27.1 Å². The van der Waals surface area contributed by atoms with Gasteiger partial charge in [0.05, 0.1) is 11.8 Å². The van der Waals surface area contributed by atoms with Crippen molar-refractivity contribution in [2.45, 2.75) is 36.8 Å². The Kier molecular flexibility index (Phi) is 6.77. The number of aromatic hydroxyl groups is 1. The molecule has 0 radical (unpaired) electrons. The highest BCUT2D eigenvalue weighted by Crippen LogP contribution is 2.34. The number of benzene rings is 1. The number of ether oxygens (including phenoxy) is 1. The summed E-state index contributed by atoms with van der Waals surface area (Å²) >= 11 is 14.7. The third-order valence-electron chi connectivity index (χ3n) is 4.66. The van der Waals surface area contributed by atoms with Crippen LogP contribution in [0.2, 0.25) is 5.02 Å². The van der Waals surface area contributed by atoms with Crippen molar-refractivity contribution < 1.29 is 14.9 Å². The Hall–Kier alpha value is -1.45. The predicted molar refractivity (Wildman–Crippen MR) is 115 cm³/mol. The molecule has 0 saturated heterocycles. The minimum absolute atomic E-state index is 0.0131. The molecule has 3 unspecified atom stereocenters. The van der Waals surface area contributed by atoms with Crippen LogP contribution in [0.4, 0.5) is 0 Å². The van der Waals surface area contributed by atoms with Gasteiger partial charge >= 0.3 is 0 Å². The van der Waals surface area contributed by atoms with Crippen LogP contribution < -0.4 is 5.56 Å². The lowest BCUT2D eigenvalue weighted by molar-refractivity contribution is -0.0303. The van der Waals surface area contributed by atoms with Gasteiger partial charge in [-0.2, -0.15) is 0 Å². The summed E-state index contributed by atoms with van der Waals surface area (Å²) in [5.74, 6) is -0.311. The number of aliphatic hydroxyl groups is 1. The summed E-state index contributed by atoms with van der Waals surface area (Å²) < 4.78 is 7.00. The Balaban J connectivity index is 2.13.